The lowest BCUT2D eigenvalue weighted by Crippen LogP contribution is -2.45. The quantitative estimate of drug-likeness (QED) is 0.446. The number of hydrogen-bond acceptors (Lipinski definition) is 4. The van der Waals surface area contributed by atoms with Crippen LogP contribution in [0.1, 0.15) is 36.7 Å². The highest BCUT2D eigenvalue weighted by Gasteiger charge is 2.34. The van der Waals surface area contributed by atoms with Crippen LogP contribution < -0.4 is 0 Å². The monoisotopic (exact) mass is 442 g/mol. The van der Waals surface area contributed by atoms with Gasteiger partial charge in [-0.3, -0.25) is 4.79 Å². The van der Waals surface area contributed by atoms with E-state index < -0.39 is 29.7 Å². The Morgan fingerprint density at radius 1 is 1.22 bits per heavy atom. The van der Waals surface area contributed by atoms with Crippen molar-refractivity contribution in [3.8, 4) is 5.69 Å². The number of rotatable bonds is 4. The number of aromatic nitrogens is 3. The molecule has 0 N–H and O–H groups in total. The fraction of sp³-hybridized carbons (Fsp3) is 0.261. The third-order valence-corrected chi connectivity index (χ3v) is 5.27. The standard InChI is InChI=1S/C23H21F3N4O2/c1-13-10-29(12-27-13)19-6-4-16(8-18(19)24)9-20-23(31)30(11-14(2)32-20)15(3)17-5-7-21(25)28-22(17)26/h4-10,12,14-15H,11H2,1-3H3/t14?,15-/m0/s1. The number of halogens is 3. The van der Waals surface area contributed by atoms with Gasteiger partial charge in [0.15, 0.2) is 5.76 Å². The van der Waals surface area contributed by atoms with E-state index in [2.05, 4.69) is 9.97 Å². The summed E-state index contributed by atoms with van der Waals surface area (Å²) in [5.41, 5.74) is 1.61. The molecule has 3 heterocycles. The molecule has 1 aliphatic rings. The summed E-state index contributed by atoms with van der Waals surface area (Å²) in [5.74, 6) is -2.86. The van der Waals surface area contributed by atoms with Gasteiger partial charge in [-0.25, -0.2) is 9.37 Å². The van der Waals surface area contributed by atoms with E-state index in [1.165, 1.54) is 29.4 Å². The summed E-state index contributed by atoms with van der Waals surface area (Å²) in [6.45, 7) is 5.42. The van der Waals surface area contributed by atoms with E-state index in [4.69, 9.17) is 4.74 Å². The normalized spacial score (nSPS) is 18.7. The van der Waals surface area contributed by atoms with Crippen LogP contribution in [0.15, 0.2) is 48.6 Å². The van der Waals surface area contributed by atoms with Crippen LogP contribution in [0, 0.1) is 24.6 Å². The van der Waals surface area contributed by atoms with Crippen molar-refractivity contribution in [2.45, 2.75) is 32.9 Å². The molecule has 0 radical (unpaired) electrons. The number of amides is 1. The first-order valence-electron chi connectivity index (χ1n) is 10.0. The van der Waals surface area contributed by atoms with Crippen molar-refractivity contribution in [3.63, 3.8) is 0 Å². The van der Waals surface area contributed by atoms with Crippen LogP contribution in [0.25, 0.3) is 11.8 Å². The Morgan fingerprint density at radius 3 is 2.66 bits per heavy atom. The van der Waals surface area contributed by atoms with Gasteiger partial charge in [-0.1, -0.05) is 6.07 Å². The maximum atomic E-state index is 14.7. The summed E-state index contributed by atoms with van der Waals surface area (Å²) < 4.78 is 49.3. The van der Waals surface area contributed by atoms with E-state index in [-0.39, 0.29) is 24.0 Å². The Labute approximate surface area is 183 Å². The summed E-state index contributed by atoms with van der Waals surface area (Å²) in [6, 6.07) is 6.16. The highest BCUT2D eigenvalue weighted by molar-refractivity contribution is 5.96. The average molecular weight is 442 g/mol. The molecule has 2 atom stereocenters. The summed E-state index contributed by atoms with van der Waals surface area (Å²) in [6.07, 6.45) is 4.29. The van der Waals surface area contributed by atoms with Gasteiger partial charge in [0.2, 0.25) is 11.9 Å². The molecule has 2 aromatic heterocycles. The third kappa shape index (κ3) is 4.23. The van der Waals surface area contributed by atoms with Crippen molar-refractivity contribution in [2.75, 3.05) is 6.54 Å². The molecule has 9 heteroatoms. The van der Waals surface area contributed by atoms with E-state index in [0.717, 1.165) is 11.8 Å². The van der Waals surface area contributed by atoms with Crippen LogP contribution >= 0.6 is 0 Å². The largest absolute Gasteiger partial charge is 0.483 e. The fourth-order valence-corrected chi connectivity index (χ4v) is 3.66. The Morgan fingerprint density at radius 2 is 2.00 bits per heavy atom. The molecule has 3 aromatic rings. The number of nitrogens with zero attached hydrogens (tertiary/aromatic N) is 4. The van der Waals surface area contributed by atoms with E-state index >= 15 is 0 Å². The van der Waals surface area contributed by atoms with Crippen molar-refractivity contribution in [1.82, 2.24) is 19.4 Å². The van der Waals surface area contributed by atoms with E-state index in [1.54, 1.807) is 43.7 Å². The molecule has 1 unspecified atom stereocenters. The molecule has 4 rings (SSSR count). The molecule has 0 aliphatic carbocycles. The molecule has 1 aromatic carbocycles. The second kappa shape index (κ2) is 8.49. The molecule has 1 aliphatic heterocycles. The molecule has 1 fully saturated rings. The summed E-state index contributed by atoms with van der Waals surface area (Å²) in [5, 5.41) is 0. The highest BCUT2D eigenvalue weighted by Crippen LogP contribution is 2.29. The Bertz CT molecular complexity index is 1210. The van der Waals surface area contributed by atoms with E-state index in [0.29, 0.717) is 11.3 Å². The van der Waals surface area contributed by atoms with Crippen LogP contribution in [-0.2, 0) is 9.53 Å². The van der Waals surface area contributed by atoms with Crippen molar-refractivity contribution in [3.05, 3.63) is 83.1 Å². The number of ether oxygens (including phenoxy) is 1. The van der Waals surface area contributed by atoms with E-state index in [1.807, 2.05) is 0 Å². The van der Waals surface area contributed by atoms with Gasteiger partial charge in [0, 0.05) is 11.8 Å². The van der Waals surface area contributed by atoms with Crippen LogP contribution in [-0.4, -0.2) is 38.0 Å². The lowest BCUT2D eigenvalue weighted by molar-refractivity contribution is -0.141. The first-order valence-corrected chi connectivity index (χ1v) is 10.0. The predicted octanol–water partition coefficient (Wildman–Crippen LogP) is 4.34. The third-order valence-electron chi connectivity index (χ3n) is 5.27. The van der Waals surface area contributed by atoms with Gasteiger partial charge in [-0.05, 0) is 56.7 Å². The first-order chi connectivity index (χ1) is 15.2. The maximum Gasteiger partial charge on any atom is 0.289 e. The number of imidazole rings is 1. The average Bonchev–Trinajstić information content (AvgIpc) is 3.16. The molecular weight excluding hydrogens is 421 g/mol. The van der Waals surface area contributed by atoms with Gasteiger partial charge in [0.25, 0.3) is 5.91 Å². The fourth-order valence-electron chi connectivity index (χ4n) is 3.66. The predicted molar refractivity (Wildman–Crippen MR) is 111 cm³/mol. The second-order valence-corrected chi connectivity index (χ2v) is 7.72. The Kier molecular flexibility index (Phi) is 5.73. The number of pyridine rings is 1. The van der Waals surface area contributed by atoms with E-state index in [9.17, 15) is 18.0 Å². The van der Waals surface area contributed by atoms with Crippen molar-refractivity contribution < 1.29 is 22.7 Å². The van der Waals surface area contributed by atoms with Crippen LogP contribution in [0.2, 0.25) is 0 Å². The molecular formula is C23H21F3N4O2. The smallest absolute Gasteiger partial charge is 0.289 e. The lowest BCUT2D eigenvalue weighted by atomic mass is 10.1. The molecule has 1 saturated heterocycles. The first kappa shape index (κ1) is 21.6. The molecule has 6 nitrogen and oxygen atoms in total. The Hall–Kier alpha value is -3.62. The zero-order chi connectivity index (χ0) is 23.0. The minimum Gasteiger partial charge on any atom is -0.483 e. The molecule has 0 spiro atoms. The van der Waals surface area contributed by atoms with Crippen molar-refractivity contribution in [2.24, 2.45) is 0 Å². The van der Waals surface area contributed by atoms with Gasteiger partial charge >= 0.3 is 0 Å². The number of aryl methyl sites for hydroxylation is 1. The van der Waals surface area contributed by atoms with Crippen LogP contribution in [0.3, 0.4) is 0 Å². The zero-order valence-electron chi connectivity index (χ0n) is 17.7. The molecule has 0 bridgehead atoms. The van der Waals surface area contributed by atoms with Gasteiger partial charge in [0.05, 0.1) is 30.3 Å². The number of carbonyl (C=O) groups excluding carboxylic acids is 1. The molecule has 166 valence electrons. The van der Waals surface area contributed by atoms with Gasteiger partial charge in [-0.2, -0.15) is 13.8 Å². The van der Waals surface area contributed by atoms with Crippen molar-refractivity contribution >= 4 is 12.0 Å². The molecule has 0 saturated carbocycles. The number of carbonyl (C=O) groups is 1. The minimum absolute atomic E-state index is 0.0108. The minimum atomic E-state index is -0.970. The number of hydrogen-bond donors (Lipinski definition) is 0. The number of morpholine rings is 1. The van der Waals surface area contributed by atoms with Crippen LogP contribution in [0.4, 0.5) is 13.2 Å². The molecule has 1 amide bonds. The lowest BCUT2D eigenvalue weighted by Gasteiger charge is -2.37. The highest BCUT2D eigenvalue weighted by atomic mass is 19.1. The zero-order valence-corrected chi connectivity index (χ0v) is 17.7. The summed E-state index contributed by atoms with van der Waals surface area (Å²) in [4.78, 5) is 21.8. The SMILES string of the molecule is Cc1cn(-c2ccc(C=C3OC(C)CN([C@@H](C)c4ccc(F)nc4F)C3=O)cc2F)cn1. The van der Waals surface area contributed by atoms with Crippen molar-refractivity contribution in [1.29, 1.82) is 0 Å². The van der Waals surface area contributed by atoms with Gasteiger partial charge < -0.3 is 14.2 Å². The van der Waals surface area contributed by atoms with Gasteiger partial charge in [-0.15, -0.1) is 0 Å². The maximum absolute atomic E-state index is 14.7. The second-order valence-electron chi connectivity index (χ2n) is 7.72. The summed E-state index contributed by atoms with van der Waals surface area (Å²) >= 11 is 0. The van der Waals surface area contributed by atoms with Gasteiger partial charge in [0.1, 0.15) is 11.9 Å². The topological polar surface area (TPSA) is 60.2 Å². The van der Waals surface area contributed by atoms with Crippen LogP contribution in [0.5, 0.6) is 0 Å². The summed E-state index contributed by atoms with van der Waals surface area (Å²) in [7, 11) is 0. The Balaban J connectivity index is 1.62. The number of benzene rings is 1. The molecule has 32 heavy (non-hydrogen) atoms.